The molecular weight excluding hydrogens is 436 g/mol. The largest absolute Gasteiger partial charge is 0.494 e. The molecule has 0 aliphatic heterocycles. The summed E-state index contributed by atoms with van der Waals surface area (Å²) in [5.41, 5.74) is 0.867. The molecule has 0 spiro atoms. The quantitative estimate of drug-likeness (QED) is 0.263. The van der Waals surface area contributed by atoms with Crippen molar-refractivity contribution in [2.24, 2.45) is 10.9 Å². The number of aliphatic imine (C=N–C) groups is 1. The SMILES string of the molecule is CCNC(=NCCOCC1CC1)N(C)Cc1ccc(OC)c(F)c1.I. The fourth-order valence-electron chi connectivity index (χ4n) is 2.38. The molecule has 25 heavy (non-hydrogen) atoms. The molecule has 0 radical (unpaired) electrons. The number of guanidine groups is 1. The van der Waals surface area contributed by atoms with Crippen LogP contribution in [0.4, 0.5) is 4.39 Å². The summed E-state index contributed by atoms with van der Waals surface area (Å²) in [5.74, 6) is 1.48. The number of rotatable bonds is 9. The standard InChI is InChI=1S/C18H28FN3O2.HI/c1-4-20-18(21-9-10-24-13-14-5-6-14)22(2)12-15-7-8-17(23-3)16(19)11-15;/h7-8,11,14H,4-6,9-10,12-13H2,1-3H3,(H,20,21);1H. The lowest BCUT2D eigenvalue weighted by Crippen LogP contribution is -2.38. The minimum Gasteiger partial charge on any atom is -0.494 e. The van der Waals surface area contributed by atoms with Crippen molar-refractivity contribution in [3.63, 3.8) is 0 Å². The first-order chi connectivity index (χ1) is 11.6. The van der Waals surface area contributed by atoms with Crippen molar-refractivity contribution in [1.29, 1.82) is 0 Å². The molecule has 2 rings (SSSR count). The normalized spacial score (nSPS) is 14.0. The number of hydrogen-bond donors (Lipinski definition) is 1. The smallest absolute Gasteiger partial charge is 0.194 e. The average Bonchev–Trinajstić information content (AvgIpc) is 3.38. The summed E-state index contributed by atoms with van der Waals surface area (Å²) in [6, 6.07) is 5.01. The summed E-state index contributed by atoms with van der Waals surface area (Å²) in [6.45, 7) is 5.48. The molecule has 5 nitrogen and oxygen atoms in total. The zero-order valence-corrected chi connectivity index (χ0v) is 17.6. The molecule has 1 saturated carbocycles. The van der Waals surface area contributed by atoms with E-state index in [-0.39, 0.29) is 35.5 Å². The number of ether oxygens (including phenoxy) is 2. The van der Waals surface area contributed by atoms with Gasteiger partial charge in [0.2, 0.25) is 0 Å². The van der Waals surface area contributed by atoms with Gasteiger partial charge in [-0.15, -0.1) is 24.0 Å². The van der Waals surface area contributed by atoms with Crippen LogP contribution in [0.5, 0.6) is 5.75 Å². The Bertz CT molecular complexity index is 553. The molecule has 1 fully saturated rings. The van der Waals surface area contributed by atoms with Gasteiger partial charge < -0.3 is 19.7 Å². The summed E-state index contributed by atoms with van der Waals surface area (Å²) in [4.78, 5) is 6.55. The van der Waals surface area contributed by atoms with Crippen molar-refractivity contribution in [3.8, 4) is 5.75 Å². The molecule has 0 saturated heterocycles. The molecule has 7 heteroatoms. The van der Waals surface area contributed by atoms with E-state index >= 15 is 0 Å². The summed E-state index contributed by atoms with van der Waals surface area (Å²) in [5, 5.41) is 3.25. The van der Waals surface area contributed by atoms with Crippen LogP contribution in [0.25, 0.3) is 0 Å². The molecule has 0 unspecified atom stereocenters. The zero-order valence-electron chi connectivity index (χ0n) is 15.3. The highest BCUT2D eigenvalue weighted by molar-refractivity contribution is 14.0. The van der Waals surface area contributed by atoms with Gasteiger partial charge in [-0.2, -0.15) is 0 Å². The lowest BCUT2D eigenvalue weighted by molar-refractivity contribution is 0.131. The summed E-state index contributed by atoms with van der Waals surface area (Å²) >= 11 is 0. The molecule has 142 valence electrons. The van der Waals surface area contributed by atoms with E-state index < -0.39 is 0 Å². The van der Waals surface area contributed by atoms with Crippen molar-refractivity contribution in [1.82, 2.24) is 10.2 Å². The first kappa shape index (κ1) is 22.0. The maximum absolute atomic E-state index is 13.8. The van der Waals surface area contributed by atoms with E-state index in [1.807, 2.05) is 24.9 Å². The monoisotopic (exact) mass is 465 g/mol. The van der Waals surface area contributed by atoms with Crippen LogP contribution >= 0.6 is 24.0 Å². The maximum atomic E-state index is 13.8. The first-order valence-corrected chi connectivity index (χ1v) is 8.53. The van der Waals surface area contributed by atoms with Crippen LogP contribution in [0.15, 0.2) is 23.2 Å². The van der Waals surface area contributed by atoms with Gasteiger partial charge in [0.25, 0.3) is 0 Å². The van der Waals surface area contributed by atoms with Crippen LogP contribution < -0.4 is 10.1 Å². The van der Waals surface area contributed by atoms with Crippen LogP contribution in [-0.2, 0) is 11.3 Å². The van der Waals surface area contributed by atoms with Crippen molar-refractivity contribution in [3.05, 3.63) is 29.6 Å². The van der Waals surface area contributed by atoms with E-state index in [2.05, 4.69) is 10.3 Å². The van der Waals surface area contributed by atoms with Crippen LogP contribution in [0.1, 0.15) is 25.3 Å². The molecule has 1 aliphatic carbocycles. The Labute approximate surface area is 167 Å². The second-order valence-electron chi connectivity index (χ2n) is 6.08. The topological polar surface area (TPSA) is 46.1 Å². The minimum absolute atomic E-state index is 0. The predicted molar refractivity (Wildman–Crippen MR) is 109 cm³/mol. The lowest BCUT2D eigenvalue weighted by Gasteiger charge is -2.22. The minimum atomic E-state index is -0.348. The third-order valence-corrected chi connectivity index (χ3v) is 3.88. The van der Waals surface area contributed by atoms with Crippen molar-refractivity contribution in [2.45, 2.75) is 26.3 Å². The lowest BCUT2D eigenvalue weighted by atomic mass is 10.2. The van der Waals surface area contributed by atoms with Crippen molar-refractivity contribution in [2.75, 3.05) is 40.5 Å². The van der Waals surface area contributed by atoms with Crippen molar-refractivity contribution < 1.29 is 13.9 Å². The van der Waals surface area contributed by atoms with Gasteiger partial charge in [-0.3, -0.25) is 4.99 Å². The molecule has 0 aromatic heterocycles. The van der Waals surface area contributed by atoms with Gasteiger partial charge in [0.1, 0.15) is 0 Å². The van der Waals surface area contributed by atoms with Gasteiger partial charge in [0.15, 0.2) is 17.5 Å². The second-order valence-corrected chi connectivity index (χ2v) is 6.08. The molecule has 1 aromatic rings. The zero-order chi connectivity index (χ0) is 17.4. The van der Waals surface area contributed by atoms with Gasteiger partial charge in [-0.25, -0.2) is 4.39 Å². The van der Waals surface area contributed by atoms with Crippen LogP contribution in [0, 0.1) is 11.7 Å². The fourth-order valence-corrected chi connectivity index (χ4v) is 2.38. The van der Waals surface area contributed by atoms with E-state index in [1.165, 1.54) is 26.0 Å². The van der Waals surface area contributed by atoms with Gasteiger partial charge in [-0.05, 0) is 43.4 Å². The van der Waals surface area contributed by atoms with Gasteiger partial charge >= 0.3 is 0 Å². The molecule has 1 aromatic carbocycles. The highest BCUT2D eigenvalue weighted by Crippen LogP contribution is 2.28. The fraction of sp³-hybridized carbons (Fsp3) is 0.611. The summed E-state index contributed by atoms with van der Waals surface area (Å²) in [6.07, 6.45) is 2.60. The van der Waals surface area contributed by atoms with Gasteiger partial charge in [0, 0.05) is 26.7 Å². The number of halogens is 2. The van der Waals surface area contributed by atoms with Crippen LogP contribution in [-0.4, -0.2) is 51.3 Å². The Morgan fingerprint density at radius 1 is 1.40 bits per heavy atom. The van der Waals surface area contributed by atoms with E-state index in [4.69, 9.17) is 9.47 Å². The number of nitrogens with one attached hydrogen (secondary N) is 1. The van der Waals surface area contributed by atoms with Crippen LogP contribution in [0.3, 0.4) is 0 Å². The molecule has 0 bridgehead atoms. The summed E-state index contributed by atoms with van der Waals surface area (Å²) in [7, 11) is 3.40. The van der Waals surface area contributed by atoms with E-state index in [9.17, 15) is 4.39 Å². The number of benzene rings is 1. The number of methoxy groups -OCH3 is 1. The van der Waals surface area contributed by atoms with E-state index in [1.54, 1.807) is 6.07 Å². The van der Waals surface area contributed by atoms with Gasteiger partial charge in [-0.1, -0.05) is 6.07 Å². The Morgan fingerprint density at radius 3 is 2.76 bits per heavy atom. The molecule has 0 atom stereocenters. The molecule has 1 N–H and O–H groups in total. The number of hydrogen-bond acceptors (Lipinski definition) is 3. The van der Waals surface area contributed by atoms with Crippen molar-refractivity contribution >= 4 is 29.9 Å². The highest BCUT2D eigenvalue weighted by atomic mass is 127. The Balaban J connectivity index is 0.00000312. The second kappa shape index (κ2) is 11.5. The Morgan fingerprint density at radius 2 is 2.16 bits per heavy atom. The average molecular weight is 465 g/mol. The van der Waals surface area contributed by atoms with Gasteiger partial charge in [0.05, 0.1) is 20.3 Å². The van der Waals surface area contributed by atoms with E-state index in [0.29, 0.717) is 19.7 Å². The third kappa shape index (κ3) is 7.77. The highest BCUT2D eigenvalue weighted by Gasteiger charge is 2.20. The maximum Gasteiger partial charge on any atom is 0.194 e. The molecular formula is C18H29FIN3O2. The Hall–Kier alpha value is -1.09. The molecule has 0 amide bonds. The van der Waals surface area contributed by atoms with E-state index in [0.717, 1.165) is 30.6 Å². The third-order valence-electron chi connectivity index (χ3n) is 3.88. The Kier molecular flexibility index (Phi) is 10.1. The molecule has 1 aliphatic rings. The van der Waals surface area contributed by atoms with Crippen LogP contribution in [0.2, 0.25) is 0 Å². The first-order valence-electron chi connectivity index (χ1n) is 8.53. The predicted octanol–water partition coefficient (Wildman–Crippen LogP) is 3.28. The number of nitrogens with zero attached hydrogens (tertiary/aromatic N) is 2. The molecule has 0 heterocycles. The summed E-state index contributed by atoms with van der Waals surface area (Å²) < 4.78 is 24.4.